The van der Waals surface area contributed by atoms with E-state index >= 15 is 0 Å². The number of benzene rings is 1. The zero-order valence-electron chi connectivity index (χ0n) is 18.1. The van der Waals surface area contributed by atoms with Crippen molar-refractivity contribution in [1.29, 1.82) is 0 Å². The molecule has 0 fully saturated rings. The minimum Gasteiger partial charge on any atom is -0.495 e. The van der Waals surface area contributed by atoms with E-state index in [1.165, 1.54) is 18.7 Å². The molecule has 8 heteroatoms. The number of fused-ring (bicyclic) bond motifs is 1. The molecule has 0 bridgehead atoms. The number of nitrogens with zero attached hydrogens (tertiary/aromatic N) is 3. The number of hydrogen-bond acceptors (Lipinski definition) is 5. The highest BCUT2D eigenvalue weighted by molar-refractivity contribution is 5.92. The number of methoxy groups -OCH3 is 1. The Balaban J connectivity index is 2.10. The van der Waals surface area contributed by atoms with Gasteiger partial charge in [0.15, 0.2) is 5.65 Å². The molecule has 1 aromatic carbocycles. The monoisotopic (exact) mass is 410 g/mol. The van der Waals surface area contributed by atoms with E-state index in [1.807, 2.05) is 39.8 Å². The van der Waals surface area contributed by atoms with Crippen molar-refractivity contribution in [2.24, 2.45) is 7.05 Å². The van der Waals surface area contributed by atoms with Crippen LogP contribution in [0.25, 0.3) is 11.0 Å². The van der Waals surface area contributed by atoms with E-state index in [2.05, 4.69) is 10.3 Å². The summed E-state index contributed by atoms with van der Waals surface area (Å²) in [5.41, 5.74) is 3.37. The first kappa shape index (κ1) is 21.3. The Labute approximate surface area is 174 Å². The zero-order valence-corrected chi connectivity index (χ0v) is 18.1. The van der Waals surface area contributed by atoms with Gasteiger partial charge >= 0.3 is 5.69 Å². The molecular weight excluding hydrogens is 384 g/mol. The lowest BCUT2D eigenvalue weighted by Gasteiger charge is -2.15. The van der Waals surface area contributed by atoms with Crippen molar-refractivity contribution in [3.05, 3.63) is 61.4 Å². The maximum absolute atomic E-state index is 13.2. The Morgan fingerprint density at radius 2 is 1.80 bits per heavy atom. The fraction of sp³-hybridized carbons (Fsp3) is 0.364. The third-order valence-corrected chi connectivity index (χ3v) is 5.21. The Bertz CT molecular complexity index is 1250. The number of amides is 1. The highest BCUT2D eigenvalue weighted by Gasteiger charge is 2.20. The molecule has 0 saturated heterocycles. The van der Waals surface area contributed by atoms with Crippen LogP contribution in [0.3, 0.4) is 0 Å². The Kier molecular flexibility index (Phi) is 5.78. The summed E-state index contributed by atoms with van der Waals surface area (Å²) in [5, 5.41) is 3.02. The molecule has 0 aliphatic rings. The number of carbonyl (C=O) groups excluding carboxylic acids is 1. The van der Waals surface area contributed by atoms with Gasteiger partial charge in [0.05, 0.1) is 7.11 Å². The lowest BCUT2D eigenvalue weighted by Crippen LogP contribution is -2.42. The number of anilines is 1. The maximum Gasteiger partial charge on any atom is 0.332 e. The third-order valence-electron chi connectivity index (χ3n) is 5.21. The first-order chi connectivity index (χ1) is 14.2. The van der Waals surface area contributed by atoms with Crippen molar-refractivity contribution in [3.63, 3.8) is 0 Å². The minimum atomic E-state index is -0.612. The molecule has 0 aliphatic carbocycles. The lowest BCUT2D eigenvalue weighted by atomic mass is 10.1. The van der Waals surface area contributed by atoms with Crippen molar-refractivity contribution in [3.8, 4) is 5.75 Å². The molecule has 2 heterocycles. The predicted molar refractivity (Wildman–Crippen MR) is 116 cm³/mol. The number of ether oxygens (including phenoxy) is 1. The number of aryl methyl sites for hydroxylation is 5. The smallest absolute Gasteiger partial charge is 0.332 e. The summed E-state index contributed by atoms with van der Waals surface area (Å²) in [7, 11) is 2.99. The average molecular weight is 410 g/mol. The summed E-state index contributed by atoms with van der Waals surface area (Å²) < 4.78 is 7.63. The van der Waals surface area contributed by atoms with E-state index in [-0.39, 0.29) is 11.0 Å². The van der Waals surface area contributed by atoms with Crippen LogP contribution in [-0.2, 0) is 24.8 Å². The summed E-state index contributed by atoms with van der Waals surface area (Å²) >= 11 is 0. The van der Waals surface area contributed by atoms with Gasteiger partial charge in [-0.25, -0.2) is 14.3 Å². The summed E-state index contributed by atoms with van der Waals surface area (Å²) in [4.78, 5) is 43.0. The van der Waals surface area contributed by atoms with Gasteiger partial charge in [-0.05, 0) is 38.3 Å². The van der Waals surface area contributed by atoms with Crippen LogP contribution in [0.1, 0.15) is 29.2 Å². The summed E-state index contributed by atoms with van der Waals surface area (Å²) in [6.07, 6.45) is 2.21. The molecule has 0 saturated carbocycles. The van der Waals surface area contributed by atoms with Crippen LogP contribution in [0, 0.1) is 20.8 Å². The highest BCUT2D eigenvalue weighted by Crippen LogP contribution is 2.25. The van der Waals surface area contributed by atoms with Crippen LogP contribution in [-0.4, -0.2) is 27.1 Å². The van der Waals surface area contributed by atoms with E-state index in [0.29, 0.717) is 17.9 Å². The van der Waals surface area contributed by atoms with Crippen molar-refractivity contribution in [1.82, 2.24) is 14.1 Å². The second kappa shape index (κ2) is 8.14. The Hall–Kier alpha value is -3.42. The van der Waals surface area contributed by atoms with E-state index in [0.717, 1.165) is 26.8 Å². The lowest BCUT2D eigenvalue weighted by molar-refractivity contribution is -0.116. The molecule has 158 valence electrons. The zero-order chi connectivity index (χ0) is 22.2. The van der Waals surface area contributed by atoms with Gasteiger partial charge in [-0.2, -0.15) is 0 Å². The van der Waals surface area contributed by atoms with Crippen molar-refractivity contribution >= 4 is 22.6 Å². The average Bonchev–Trinajstić information content (AvgIpc) is 2.70. The van der Waals surface area contributed by atoms with Crippen LogP contribution >= 0.6 is 0 Å². The van der Waals surface area contributed by atoms with E-state index in [9.17, 15) is 14.4 Å². The molecule has 0 aliphatic heterocycles. The molecule has 30 heavy (non-hydrogen) atoms. The largest absolute Gasteiger partial charge is 0.495 e. The molecule has 0 spiro atoms. The van der Waals surface area contributed by atoms with E-state index in [4.69, 9.17) is 4.74 Å². The van der Waals surface area contributed by atoms with Crippen LogP contribution in [0.4, 0.5) is 5.69 Å². The molecule has 3 rings (SSSR count). The molecule has 0 unspecified atom stereocenters. The Morgan fingerprint density at radius 1 is 1.17 bits per heavy atom. The standard InChI is InChI=1S/C22H26N4O4/c1-7-15-10-23-20-17(19(15)30-6)21(28)26(22(29)25(20)5)11-16(27)24-18-13(3)8-12(2)9-14(18)4/h8-10H,7,11H2,1-6H3,(H,24,27). The number of nitrogens with one attached hydrogen (secondary N) is 1. The van der Waals surface area contributed by atoms with Gasteiger partial charge in [-0.1, -0.05) is 24.6 Å². The van der Waals surface area contributed by atoms with Gasteiger partial charge in [0.2, 0.25) is 5.91 Å². The summed E-state index contributed by atoms with van der Waals surface area (Å²) in [6.45, 7) is 7.30. The molecular formula is C22H26N4O4. The van der Waals surface area contributed by atoms with Crippen LogP contribution in [0.2, 0.25) is 0 Å². The van der Waals surface area contributed by atoms with Gasteiger partial charge in [-0.3, -0.25) is 14.2 Å². The number of carbonyl (C=O) groups is 1. The quantitative estimate of drug-likeness (QED) is 0.696. The first-order valence-electron chi connectivity index (χ1n) is 9.72. The van der Waals surface area contributed by atoms with Crippen LogP contribution < -0.4 is 21.3 Å². The molecule has 8 nitrogen and oxygen atoms in total. The van der Waals surface area contributed by atoms with E-state index in [1.54, 1.807) is 6.20 Å². The maximum atomic E-state index is 13.2. The number of hydrogen-bond donors (Lipinski definition) is 1. The van der Waals surface area contributed by atoms with Gasteiger partial charge in [0, 0.05) is 24.5 Å². The Morgan fingerprint density at radius 3 is 2.37 bits per heavy atom. The molecule has 3 aromatic rings. The molecule has 1 amide bonds. The normalized spacial score (nSPS) is 11.0. The van der Waals surface area contributed by atoms with Gasteiger partial charge in [0.25, 0.3) is 5.56 Å². The fourth-order valence-electron chi connectivity index (χ4n) is 3.79. The van der Waals surface area contributed by atoms with E-state index < -0.39 is 23.7 Å². The van der Waals surface area contributed by atoms with Crippen LogP contribution in [0.5, 0.6) is 5.75 Å². The van der Waals surface area contributed by atoms with Gasteiger partial charge in [-0.15, -0.1) is 0 Å². The minimum absolute atomic E-state index is 0.189. The number of pyridine rings is 1. The third kappa shape index (κ3) is 3.60. The van der Waals surface area contributed by atoms with Crippen molar-refractivity contribution in [2.75, 3.05) is 12.4 Å². The fourth-order valence-corrected chi connectivity index (χ4v) is 3.79. The second-order valence-electron chi connectivity index (χ2n) is 7.42. The molecule has 2 aromatic heterocycles. The highest BCUT2D eigenvalue weighted by atomic mass is 16.5. The summed E-state index contributed by atoms with van der Waals surface area (Å²) in [6, 6.07) is 3.93. The SMILES string of the molecule is CCc1cnc2c(c1OC)c(=O)n(CC(=O)Nc1c(C)cc(C)cc1C)c(=O)n2C. The second-order valence-corrected chi connectivity index (χ2v) is 7.42. The molecule has 0 radical (unpaired) electrons. The predicted octanol–water partition coefficient (Wildman–Crippen LogP) is 2.23. The summed E-state index contributed by atoms with van der Waals surface area (Å²) in [5.74, 6) is -0.0790. The molecule has 0 atom stereocenters. The topological polar surface area (TPSA) is 95.2 Å². The van der Waals surface area contributed by atoms with Gasteiger partial charge in [0.1, 0.15) is 17.7 Å². The first-order valence-corrected chi connectivity index (χ1v) is 9.72. The van der Waals surface area contributed by atoms with Gasteiger partial charge < -0.3 is 10.1 Å². The van der Waals surface area contributed by atoms with Crippen molar-refractivity contribution in [2.45, 2.75) is 40.7 Å². The van der Waals surface area contributed by atoms with Crippen LogP contribution in [0.15, 0.2) is 27.9 Å². The number of rotatable bonds is 5. The number of aromatic nitrogens is 3. The van der Waals surface area contributed by atoms with Crippen molar-refractivity contribution < 1.29 is 9.53 Å². The molecule has 1 N–H and O–H groups in total.